The Bertz CT molecular complexity index is 833. The third-order valence-corrected chi connectivity index (χ3v) is 4.11. The summed E-state index contributed by atoms with van der Waals surface area (Å²) in [6.45, 7) is 3.85. The summed E-state index contributed by atoms with van der Waals surface area (Å²) in [6, 6.07) is 9.09. The largest absolute Gasteiger partial charge is 0.350 e. The first-order valence-electron chi connectivity index (χ1n) is 7.37. The number of hydrogen-bond donors (Lipinski definition) is 3. The highest BCUT2D eigenvalue weighted by Crippen LogP contribution is 2.14. The summed E-state index contributed by atoms with van der Waals surface area (Å²) < 4.78 is 0.362. The molecular formula is C17H18ClN3O2S. The van der Waals surface area contributed by atoms with E-state index in [0.717, 1.165) is 16.8 Å². The molecule has 3 N–H and O–H groups in total. The van der Waals surface area contributed by atoms with Crippen LogP contribution in [-0.2, 0) is 11.3 Å². The molecule has 0 aliphatic carbocycles. The van der Waals surface area contributed by atoms with Crippen LogP contribution in [0.4, 0.5) is 0 Å². The standard InChI is InChI=1S/C17H18ClN3O2S/c1-10-7-11(2)21-17(24)15(10)16(23)20-9-14(22)19-8-12-5-3-4-6-13(12)18/h3-7H,8-9H2,1-2H3,(H,19,22)(H,20,23)(H,21,24). The van der Waals surface area contributed by atoms with Crippen molar-refractivity contribution in [2.24, 2.45) is 0 Å². The summed E-state index contributed by atoms with van der Waals surface area (Å²) in [5, 5.41) is 5.88. The molecule has 0 bridgehead atoms. The van der Waals surface area contributed by atoms with Gasteiger partial charge in [0.15, 0.2) is 0 Å². The van der Waals surface area contributed by atoms with Gasteiger partial charge in [-0.15, -0.1) is 0 Å². The Hall–Kier alpha value is -2.18. The second-order valence-electron chi connectivity index (χ2n) is 5.39. The lowest BCUT2D eigenvalue weighted by atomic mass is 10.1. The van der Waals surface area contributed by atoms with Gasteiger partial charge in [-0.25, -0.2) is 0 Å². The van der Waals surface area contributed by atoms with Crippen LogP contribution in [0.25, 0.3) is 0 Å². The number of halogens is 1. The molecule has 0 saturated heterocycles. The van der Waals surface area contributed by atoms with Crippen LogP contribution in [-0.4, -0.2) is 23.3 Å². The zero-order valence-corrected chi connectivity index (χ0v) is 15.0. The predicted molar refractivity (Wildman–Crippen MR) is 96.7 cm³/mol. The van der Waals surface area contributed by atoms with Crippen molar-refractivity contribution < 1.29 is 9.59 Å². The summed E-state index contributed by atoms with van der Waals surface area (Å²) in [5.41, 5.74) is 2.85. The Balaban J connectivity index is 1.91. The Morgan fingerprint density at radius 1 is 1.21 bits per heavy atom. The highest BCUT2D eigenvalue weighted by atomic mass is 35.5. The molecule has 126 valence electrons. The average molecular weight is 364 g/mol. The summed E-state index contributed by atoms with van der Waals surface area (Å²) in [4.78, 5) is 27.1. The first-order valence-corrected chi connectivity index (χ1v) is 8.16. The van der Waals surface area contributed by atoms with Gasteiger partial charge in [0.2, 0.25) is 5.91 Å². The second kappa shape index (κ2) is 8.08. The Morgan fingerprint density at radius 3 is 2.58 bits per heavy atom. The lowest BCUT2D eigenvalue weighted by Gasteiger charge is -2.10. The summed E-state index contributed by atoms with van der Waals surface area (Å²) in [6.07, 6.45) is 0. The summed E-state index contributed by atoms with van der Waals surface area (Å²) in [7, 11) is 0. The Kier molecular flexibility index (Phi) is 6.11. The number of amides is 2. The number of pyridine rings is 1. The SMILES string of the molecule is Cc1cc(C)c(C(=O)NCC(=O)NCc2ccccc2Cl)c(=S)[nH]1. The maximum Gasteiger partial charge on any atom is 0.254 e. The van der Waals surface area contributed by atoms with E-state index in [1.165, 1.54) is 0 Å². The van der Waals surface area contributed by atoms with Crippen molar-refractivity contribution in [1.29, 1.82) is 0 Å². The number of benzene rings is 1. The molecule has 7 heteroatoms. The zero-order chi connectivity index (χ0) is 17.7. The number of nitrogens with one attached hydrogen (secondary N) is 3. The van der Waals surface area contributed by atoms with E-state index < -0.39 is 0 Å². The fraction of sp³-hybridized carbons (Fsp3) is 0.235. The molecule has 1 aromatic heterocycles. The molecule has 0 aliphatic heterocycles. The molecule has 2 rings (SSSR count). The number of H-pyrrole nitrogens is 1. The molecule has 1 heterocycles. The van der Waals surface area contributed by atoms with Crippen molar-refractivity contribution in [3.8, 4) is 0 Å². The third-order valence-electron chi connectivity index (χ3n) is 3.44. The monoisotopic (exact) mass is 363 g/mol. The Labute approximate surface area is 150 Å². The van der Waals surface area contributed by atoms with Gasteiger partial charge in [-0.1, -0.05) is 42.0 Å². The molecule has 0 spiro atoms. The number of aromatic amines is 1. The maximum atomic E-state index is 12.2. The normalized spacial score (nSPS) is 10.3. The minimum Gasteiger partial charge on any atom is -0.350 e. The molecule has 0 fully saturated rings. The number of carbonyl (C=O) groups is 2. The minimum atomic E-state index is -0.373. The zero-order valence-electron chi connectivity index (χ0n) is 13.4. The van der Waals surface area contributed by atoms with Crippen LogP contribution < -0.4 is 10.6 Å². The first-order chi connectivity index (χ1) is 11.4. The number of aryl methyl sites for hydroxylation is 2. The van der Waals surface area contributed by atoms with Gasteiger partial charge in [-0.2, -0.15) is 0 Å². The fourth-order valence-electron chi connectivity index (χ4n) is 2.28. The van der Waals surface area contributed by atoms with E-state index >= 15 is 0 Å². The molecule has 2 amide bonds. The smallest absolute Gasteiger partial charge is 0.254 e. The first kappa shape index (κ1) is 18.2. The molecule has 0 atom stereocenters. The van der Waals surface area contributed by atoms with E-state index in [4.69, 9.17) is 23.8 Å². The van der Waals surface area contributed by atoms with Crippen LogP contribution in [0.5, 0.6) is 0 Å². The molecule has 24 heavy (non-hydrogen) atoms. The van der Waals surface area contributed by atoms with Crippen molar-refractivity contribution in [2.75, 3.05) is 6.54 Å². The third kappa shape index (κ3) is 4.66. The van der Waals surface area contributed by atoms with Crippen molar-refractivity contribution in [2.45, 2.75) is 20.4 Å². The highest BCUT2D eigenvalue weighted by molar-refractivity contribution is 7.71. The van der Waals surface area contributed by atoms with Gasteiger partial charge in [0.25, 0.3) is 5.91 Å². The number of aromatic nitrogens is 1. The lowest BCUT2D eigenvalue weighted by Crippen LogP contribution is -2.37. The van der Waals surface area contributed by atoms with Gasteiger partial charge in [0.05, 0.1) is 12.1 Å². The molecule has 1 aromatic carbocycles. The number of carbonyl (C=O) groups excluding carboxylic acids is 2. The van der Waals surface area contributed by atoms with Crippen LogP contribution in [0.3, 0.4) is 0 Å². The quantitative estimate of drug-likeness (QED) is 0.715. The number of hydrogen-bond acceptors (Lipinski definition) is 3. The number of rotatable bonds is 5. The molecule has 0 radical (unpaired) electrons. The van der Waals surface area contributed by atoms with Crippen LogP contribution >= 0.6 is 23.8 Å². The van der Waals surface area contributed by atoms with Gasteiger partial charge in [0, 0.05) is 17.3 Å². The van der Waals surface area contributed by atoms with E-state index in [1.807, 2.05) is 38.1 Å². The topological polar surface area (TPSA) is 74.0 Å². The van der Waals surface area contributed by atoms with Crippen molar-refractivity contribution in [3.63, 3.8) is 0 Å². The molecule has 0 aliphatic rings. The predicted octanol–water partition coefficient (Wildman–Crippen LogP) is 3.06. The minimum absolute atomic E-state index is 0.134. The second-order valence-corrected chi connectivity index (χ2v) is 6.21. The van der Waals surface area contributed by atoms with E-state index in [0.29, 0.717) is 21.8 Å². The van der Waals surface area contributed by atoms with Gasteiger partial charge >= 0.3 is 0 Å². The molecule has 2 aromatic rings. The van der Waals surface area contributed by atoms with Crippen molar-refractivity contribution in [1.82, 2.24) is 15.6 Å². The van der Waals surface area contributed by atoms with Crippen molar-refractivity contribution in [3.05, 3.63) is 62.4 Å². The van der Waals surface area contributed by atoms with Gasteiger partial charge in [0.1, 0.15) is 4.64 Å². The van der Waals surface area contributed by atoms with Crippen LogP contribution in [0, 0.1) is 18.5 Å². The van der Waals surface area contributed by atoms with Crippen LogP contribution in [0.2, 0.25) is 5.02 Å². The van der Waals surface area contributed by atoms with E-state index in [2.05, 4.69) is 15.6 Å². The van der Waals surface area contributed by atoms with Gasteiger partial charge in [-0.3, -0.25) is 9.59 Å². The highest BCUT2D eigenvalue weighted by Gasteiger charge is 2.13. The average Bonchev–Trinajstić information content (AvgIpc) is 2.51. The molecular weight excluding hydrogens is 346 g/mol. The van der Waals surface area contributed by atoms with Gasteiger partial charge in [-0.05, 0) is 37.1 Å². The molecule has 0 unspecified atom stereocenters. The van der Waals surface area contributed by atoms with Crippen LogP contribution in [0.1, 0.15) is 27.2 Å². The maximum absolute atomic E-state index is 12.2. The lowest BCUT2D eigenvalue weighted by molar-refractivity contribution is -0.120. The summed E-state index contributed by atoms with van der Waals surface area (Å²) >= 11 is 11.2. The fourth-order valence-corrected chi connectivity index (χ4v) is 2.90. The summed E-state index contributed by atoms with van der Waals surface area (Å²) in [5.74, 6) is -0.676. The van der Waals surface area contributed by atoms with E-state index in [1.54, 1.807) is 6.07 Å². The Morgan fingerprint density at radius 2 is 1.92 bits per heavy atom. The van der Waals surface area contributed by atoms with Gasteiger partial charge < -0.3 is 15.6 Å². The molecule has 5 nitrogen and oxygen atoms in total. The van der Waals surface area contributed by atoms with E-state index in [-0.39, 0.29) is 18.4 Å². The molecule has 0 saturated carbocycles. The van der Waals surface area contributed by atoms with Crippen LogP contribution in [0.15, 0.2) is 30.3 Å². The van der Waals surface area contributed by atoms with Crippen molar-refractivity contribution >= 4 is 35.6 Å². The van der Waals surface area contributed by atoms with E-state index in [9.17, 15) is 9.59 Å².